The maximum Gasteiger partial charge on any atom is 0.276 e. The van der Waals surface area contributed by atoms with Crippen molar-refractivity contribution in [1.82, 2.24) is 58.3 Å². The van der Waals surface area contributed by atoms with Crippen molar-refractivity contribution in [2.75, 3.05) is 93.2 Å². The molecule has 3 aromatic carbocycles. The van der Waals surface area contributed by atoms with E-state index in [1.165, 1.54) is 50.1 Å². The first kappa shape index (κ1) is 101. The number of aromatic hydroxyl groups is 3. The van der Waals surface area contributed by atoms with E-state index in [-0.39, 0.29) is 188 Å². The highest BCUT2D eigenvalue weighted by molar-refractivity contribution is 6.52. The zero-order valence-electron chi connectivity index (χ0n) is 72.8. The molecule has 696 valence electrons. The number of phenols is 3. The highest BCUT2D eigenvalue weighted by Gasteiger charge is 2.38. The summed E-state index contributed by atoms with van der Waals surface area (Å²) in [4.78, 5) is 118. The lowest BCUT2D eigenvalue weighted by Gasteiger charge is -2.36. The lowest BCUT2D eigenvalue weighted by atomic mass is 10.0. The first-order valence-electron chi connectivity index (χ1n) is 41.1. The van der Waals surface area contributed by atoms with Gasteiger partial charge in [0.15, 0.2) is 34.7 Å². The van der Waals surface area contributed by atoms with Gasteiger partial charge in [-0.1, -0.05) is 200 Å². The number of fused-ring (bicyclic) bond motifs is 3. The molecule has 3 aliphatic heterocycles. The van der Waals surface area contributed by atoms with Crippen LogP contribution in [0.15, 0.2) is 107 Å². The monoisotopic (exact) mass is 2060 g/mol. The number of amides is 3. The van der Waals surface area contributed by atoms with Crippen molar-refractivity contribution < 1.29 is 42.9 Å². The van der Waals surface area contributed by atoms with Gasteiger partial charge in [-0.15, -0.1) is 0 Å². The van der Waals surface area contributed by atoms with E-state index in [0.29, 0.717) is 106 Å². The summed E-state index contributed by atoms with van der Waals surface area (Å²) >= 11 is 76.1. The summed E-state index contributed by atoms with van der Waals surface area (Å²) < 4.78 is 50.6. The number of aromatic nitrogens is 9. The van der Waals surface area contributed by atoms with Gasteiger partial charge in [0.1, 0.15) is 66.9 Å². The molecule has 3 saturated heterocycles. The summed E-state index contributed by atoms with van der Waals surface area (Å²) in [5, 5.41) is 59.4. The Hall–Kier alpha value is -11.6. The van der Waals surface area contributed by atoms with Crippen LogP contribution in [0.25, 0.3) is 83.9 Å². The largest absolute Gasteiger partial charge is 0.504 e. The molecular weight excluding hydrogens is 2000 g/mol. The minimum atomic E-state index is -1.21. The molecular formula is C93H75Cl12F3N18O9. The van der Waals surface area contributed by atoms with Crippen LogP contribution in [0.5, 0.6) is 17.2 Å². The molecule has 0 atom stereocenters. The highest BCUT2D eigenvalue weighted by Crippen LogP contribution is 2.53. The number of nitrogens with zero attached hydrogens (tertiary/aromatic N) is 18. The summed E-state index contributed by atoms with van der Waals surface area (Å²) in [6, 6.07) is 15.8. The smallest absolute Gasteiger partial charge is 0.276 e. The van der Waals surface area contributed by atoms with Gasteiger partial charge in [0.25, 0.3) is 16.7 Å². The second-order valence-corrected chi connectivity index (χ2v) is 36.7. The van der Waals surface area contributed by atoms with Gasteiger partial charge in [-0.05, 0) is 110 Å². The van der Waals surface area contributed by atoms with E-state index < -0.39 is 83.1 Å². The van der Waals surface area contributed by atoms with E-state index in [4.69, 9.17) is 154 Å². The average Bonchev–Trinajstić information content (AvgIpc) is 0.728. The van der Waals surface area contributed by atoms with Crippen LogP contribution in [0.1, 0.15) is 110 Å². The molecule has 135 heavy (non-hydrogen) atoms. The Morgan fingerprint density at radius 3 is 0.800 bits per heavy atom. The third-order valence-corrected chi connectivity index (χ3v) is 27.8. The minimum absolute atomic E-state index is 0.0250. The normalized spacial score (nSPS) is 13.4. The van der Waals surface area contributed by atoms with E-state index in [2.05, 4.69) is 52.9 Å². The number of halogens is 15. The van der Waals surface area contributed by atoms with E-state index in [1.807, 2.05) is 56.2 Å². The van der Waals surface area contributed by atoms with Gasteiger partial charge in [0, 0.05) is 113 Å². The van der Waals surface area contributed by atoms with Gasteiger partial charge in [0.05, 0.1) is 130 Å². The fourth-order valence-electron chi connectivity index (χ4n) is 16.4. The molecule has 0 aliphatic carbocycles. The van der Waals surface area contributed by atoms with E-state index in [1.54, 1.807) is 72.3 Å². The standard InChI is InChI=1S/3C31H25Cl4FN6O3/c3*1-5-19(43)40-8-10-41(11-9-40)28-16-12-18(32)26(20-21(33)22(34)23(35)29(44)24(20)36)39-30(16)42(31(45)17(28)13-37)27-15(4)6-7-38-25(27)14(2)3/h3*5-7,12,14,44H,1,8-11H2,2-4H3. The number of nitriles is 3. The van der Waals surface area contributed by atoms with Crippen LogP contribution in [0.4, 0.5) is 30.2 Å². The van der Waals surface area contributed by atoms with Crippen LogP contribution < -0.4 is 31.4 Å². The fourth-order valence-corrected chi connectivity index (χ4v) is 19.2. The van der Waals surface area contributed by atoms with Gasteiger partial charge >= 0.3 is 0 Å². The first-order chi connectivity index (χ1) is 64.0. The number of piperazine rings is 3. The Kier molecular flexibility index (Phi) is 30.4. The van der Waals surface area contributed by atoms with Crippen molar-refractivity contribution in [2.45, 2.75) is 80.1 Å². The molecule has 0 unspecified atom stereocenters. The number of aryl methyl sites for hydroxylation is 3. The number of rotatable bonds is 15. The number of hydrogen-bond acceptors (Lipinski definition) is 21. The molecule has 27 nitrogen and oxygen atoms in total. The SMILES string of the molecule is C=CC(=O)N1CCN(c2c(C#N)c(=O)n(-c3c(C)ccnc3C(C)C)c3nc(-c4c(F)c(O)c(Cl)c(Cl)c4Cl)c(Cl)cc23)CC1.C=CC(=O)N1CCN(c2c(C#N)c(=O)n(-c3c(C)ccnc3C(C)C)c3nc(-c4c(F)c(O)c(Cl)c(Cl)c4Cl)c(Cl)cc23)CC1.C=CC(=O)N1CCN(c2c(C#N)c(=O)n(-c3c(C)ccnc3C(C)C)c3nc(-c4c(F)c(O)c(Cl)c(Cl)c4Cl)c(Cl)cc23)CC1. The number of hydrogen-bond donors (Lipinski definition) is 3. The molecule has 0 bridgehead atoms. The molecule has 3 aliphatic rings. The maximum atomic E-state index is 15.6. The van der Waals surface area contributed by atoms with Crippen molar-refractivity contribution in [3.05, 3.63) is 252 Å². The van der Waals surface area contributed by atoms with Gasteiger partial charge in [-0.2, -0.15) is 15.8 Å². The van der Waals surface area contributed by atoms with Crippen LogP contribution in [-0.2, 0) is 14.4 Å². The van der Waals surface area contributed by atoms with Crippen LogP contribution in [-0.4, -0.2) is 170 Å². The number of phenolic OH excluding ortho intramolecular Hbond substituents is 3. The molecule has 12 heterocycles. The molecule has 0 radical (unpaired) electrons. The zero-order valence-corrected chi connectivity index (χ0v) is 81.8. The lowest BCUT2D eigenvalue weighted by Crippen LogP contribution is -2.49. The van der Waals surface area contributed by atoms with Crippen molar-refractivity contribution in [3.8, 4) is 86.3 Å². The number of carbonyl (C=O) groups excluding carboxylic acids is 3. The number of benzene rings is 3. The van der Waals surface area contributed by atoms with Crippen LogP contribution in [0.3, 0.4) is 0 Å². The second kappa shape index (κ2) is 40.7. The van der Waals surface area contributed by atoms with Crippen LogP contribution in [0.2, 0.25) is 60.3 Å². The van der Waals surface area contributed by atoms with Crippen LogP contribution in [0, 0.1) is 72.2 Å². The van der Waals surface area contributed by atoms with Crippen molar-refractivity contribution >= 4 is 207 Å². The second-order valence-electron chi connectivity index (χ2n) is 32.0. The van der Waals surface area contributed by atoms with Crippen molar-refractivity contribution in [3.63, 3.8) is 0 Å². The van der Waals surface area contributed by atoms with E-state index in [9.17, 15) is 59.9 Å². The molecule has 3 fully saturated rings. The fraction of sp³-hybridized carbons (Fsp3) is 0.258. The highest BCUT2D eigenvalue weighted by atomic mass is 35.5. The van der Waals surface area contributed by atoms with Gasteiger partial charge < -0.3 is 44.7 Å². The summed E-state index contributed by atoms with van der Waals surface area (Å²) in [7, 11) is 0. The third kappa shape index (κ3) is 18.2. The van der Waals surface area contributed by atoms with Crippen molar-refractivity contribution in [2.24, 2.45) is 0 Å². The zero-order chi connectivity index (χ0) is 98.7. The van der Waals surface area contributed by atoms with E-state index >= 15 is 13.2 Å². The molecule has 0 spiro atoms. The Morgan fingerprint density at radius 1 is 0.378 bits per heavy atom. The summed E-state index contributed by atoms with van der Waals surface area (Å²) in [5.41, 5.74) is 1.18. The molecule has 12 aromatic rings. The van der Waals surface area contributed by atoms with Crippen molar-refractivity contribution in [1.29, 1.82) is 15.8 Å². The summed E-state index contributed by atoms with van der Waals surface area (Å²) in [5.74, 6) is -7.63. The minimum Gasteiger partial charge on any atom is -0.504 e. The third-order valence-electron chi connectivity index (χ3n) is 23.0. The first-order valence-corrected chi connectivity index (χ1v) is 45.6. The number of carbonyl (C=O) groups is 3. The molecule has 3 amide bonds. The number of pyridine rings is 9. The molecule has 42 heteroatoms. The summed E-state index contributed by atoms with van der Waals surface area (Å²) in [6.07, 6.45) is 8.54. The summed E-state index contributed by atoms with van der Waals surface area (Å²) in [6.45, 7) is 31.0. The Morgan fingerprint density at radius 2 is 0.600 bits per heavy atom. The predicted molar refractivity (Wildman–Crippen MR) is 524 cm³/mol. The molecule has 3 N–H and O–H groups in total. The lowest BCUT2D eigenvalue weighted by molar-refractivity contribution is -0.127. The Balaban J connectivity index is 0.000000171. The average molecular weight is 2070 g/mol. The molecule has 0 saturated carbocycles. The molecule has 9 aromatic heterocycles. The quantitative estimate of drug-likeness (QED) is 0.0487. The predicted octanol–water partition coefficient (Wildman–Crippen LogP) is 21.1. The number of anilines is 3. The maximum absolute atomic E-state index is 15.6. The Bertz CT molecular complexity index is 6650. The Labute approximate surface area is 829 Å². The van der Waals surface area contributed by atoms with Gasteiger partial charge in [-0.3, -0.25) is 57.4 Å². The molecule has 15 rings (SSSR count). The van der Waals surface area contributed by atoms with Crippen LogP contribution >= 0.6 is 139 Å². The van der Waals surface area contributed by atoms with Gasteiger partial charge in [-0.25, -0.2) is 28.1 Å². The van der Waals surface area contributed by atoms with E-state index in [0.717, 1.165) is 0 Å². The topological polar surface area (TPSA) is 346 Å². The van der Waals surface area contributed by atoms with Gasteiger partial charge in [0.2, 0.25) is 17.7 Å².